The molecule has 19 heavy (non-hydrogen) atoms. The van der Waals surface area contributed by atoms with Crippen LogP contribution in [0.15, 0.2) is 18.2 Å². The van der Waals surface area contributed by atoms with Crippen LogP contribution in [0.25, 0.3) is 0 Å². The average molecular weight is 261 g/mol. The van der Waals surface area contributed by atoms with Gasteiger partial charge in [0.05, 0.1) is 11.3 Å². The largest absolute Gasteiger partial charge is 0.336 e. The Morgan fingerprint density at radius 2 is 2.11 bits per heavy atom. The minimum atomic E-state index is 0.0889. The van der Waals surface area contributed by atoms with Gasteiger partial charge in [0, 0.05) is 12.6 Å². The smallest absolute Gasteiger partial charge is 0.256 e. The van der Waals surface area contributed by atoms with Crippen molar-refractivity contribution in [2.24, 2.45) is 5.84 Å². The molecule has 0 heterocycles. The predicted molar refractivity (Wildman–Crippen MR) is 78.0 cm³/mol. The lowest BCUT2D eigenvalue weighted by atomic mass is 10.1. The maximum absolute atomic E-state index is 12.7. The van der Waals surface area contributed by atoms with Crippen molar-refractivity contribution in [2.75, 3.05) is 12.0 Å². The van der Waals surface area contributed by atoms with E-state index in [2.05, 4.69) is 5.43 Å². The highest BCUT2D eigenvalue weighted by atomic mass is 16.2. The van der Waals surface area contributed by atoms with E-state index >= 15 is 0 Å². The zero-order valence-corrected chi connectivity index (χ0v) is 11.8. The fourth-order valence-corrected chi connectivity index (χ4v) is 2.90. The first kappa shape index (κ1) is 13.9. The van der Waals surface area contributed by atoms with Gasteiger partial charge in [0.25, 0.3) is 5.91 Å². The Balaban J connectivity index is 2.28. The maximum Gasteiger partial charge on any atom is 0.256 e. The Bertz CT molecular complexity index is 453. The molecule has 0 atom stereocenters. The molecule has 0 saturated heterocycles. The number of nitrogen functional groups attached to an aromatic ring is 1. The van der Waals surface area contributed by atoms with Crippen LogP contribution in [0.1, 0.15) is 48.5 Å². The molecule has 0 spiro atoms. The molecule has 1 aromatic carbocycles. The van der Waals surface area contributed by atoms with E-state index in [1.165, 1.54) is 12.8 Å². The second kappa shape index (κ2) is 6.06. The number of hydrogen-bond donors (Lipinski definition) is 2. The van der Waals surface area contributed by atoms with E-state index in [1.54, 1.807) is 0 Å². The number of nitrogens with zero attached hydrogens (tertiary/aromatic N) is 1. The summed E-state index contributed by atoms with van der Waals surface area (Å²) in [5.41, 5.74) is 5.08. The number of carbonyl (C=O) groups is 1. The van der Waals surface area contributed by atoms with Gasteiger partial charge in [-0.2, -0.15) is 0 Å². The summed E-state index contributed by atoms with van der Waals surface area (Å²) in [5, 5.41) is 0. The van der Waals surface area contributed by atoms with Crippen molar-refractivity contribution in [1.29, 1.82) is 0 Å². The van der Waals surface area contributed by atoms with Crippen molar-refractivity contribution in [3.8, 4) is 0 Å². The van der Waals surface area contributed by atoms with Crippen molar-refractivity contribution in [3.05, 3.63) is 29.3 Å². The first-order valence-electron chi connectivity index (χ1n) is 7.05. The Morgan fingerprint density at radius 1 is 1.42 bits per heavy atom. The van der Waals surface area contributed by atoms with Gasteiger partial charge < -0.3 is 10.3 Å². The van der Waals surface area contributed by atoms with Gasteiger partial charge in [-0.3, -0.25) is 10.6 Å². The van der Waals surface area contributed by atoms with Crippen molar-refractivity contribution in [3.63, 3.8) is 0 Å². The number of rotatable bonds is 4. The van der Waals surface area contributed by atoms with Crippen LogP contribution in [0.3, 0.4) is 0 Å². The highest BCUT2D eigenvalue weighted by Crippen LogP contribution is 2.26. The van der Waals surface area contributed by atoms with Crippen LogP contribution in [-0.4, -0.2) is 23.4 Å². The van der Waals surface area contributed by atoms with E-state index in [-0.39, 0.29) is 5.91 Å². The van der Waals surface area contributed by atoms with Crippen LogP contribution in [0.2, 0.25) is 0 Å². The number of nitrogens with two attached hydrogens (primary N) is 1. The van der Waals surface area contributed by atoms with Gasteiger partial charge in [-0.1, -0.05) is 24.5 Å². The molecular formula is C15H23N3O. The van der Waals surface area contributed by atoms with Crippen LogP contribution in [0, 0.1) is 6.92 Å². The second-order valence-electron chi connectivity index (χ2n) is 5.22. The molecule has 1 aliphatic rings. The summed E-state index contributed by atoms with van der Waals surface area (Å²) in [6, 6.07) is 6.13. The Hall–Kier alpha value is -1.55. The molecule has 0 radical (unpaired) electrons. The summed E-state index contributed by atoms with van der Waals surface area (Å²) in [6.45, 7) is 4.78. The third kappa shape index (κ3) is 2.89. The third-order valence-corrected chi connectivity index (χ3v) is 3.93. The van der Waals surface area contributed by atoms with Gasteiger partial charge in [0.15, 0.2) is 0 Å². The number of hydrazine groups is 1. The van der Waals surface area contributed by atoms with Crippen molar-refractivity contribution in [2.45, 2.75) is 45.6 Å². The number of anilines is 1. The first-order chi connectivity index (χ1) is 9.17. The van der Waals surface area contributed by atoms with E-state index in [0.717, 1.165) is 24.9 Å². The Kier molecular flexibility index (Phi) is 4.43. The molecule has 4 heteroatoms. The summed E-state index contributed by atoms with van der Waals surface area (Å²) in [7, 11) is 0. The van der Waals surface area contributed by atoms with Crippen LogP contribution in [0.4, 0.5) is 5.69 Å². The lowest BCUT2D eigenvalue weighted by Gasteiger charge is -2.28. The van der Waals surface area contributed by atoms with Crippen LogP contribution < -0.4 is 11.3 Å². The Morgan fingerprint density at radius 3 is 2.68 bits per heavy atom. The van der Waals surface area contributed by atoms with Gasteiger partial charge in [0.2, 0.25) is 0 Å². The van der Waals surface area contributed by atoms with Crippen LogP contribution in [0.5, 0.6) is 0 Å². The van der Waals surface area contributed by atoms with Gasteiger partial charge in [-0.25, -0.2) is 0 Å². The molecule has 1 saturated carbocycles. The molecule has 4 nitrogen and oxygen atoms in total. The molecule has 2 rings (SSSR count). The maximum atomic E-state index is 12.7. The van der Waals surface area contributed by atoms with Gasteiger partial charge in [0.1, 0.15) is 0 Å². The normalized spacial score (nSPS) is 15.5. The molecule has 1 aliphatic carbocycles. The number of hydrogen-bond acceptors (Lipinski definition) is 3. The van der Waals surface area contributed by atoms with Crippen molar-refractivity contribution < 1.29 is 4.79 Å². The minimum Gasteiger partial charge on any atom is -0.336 e. The monoisotopic (exact) mass is 261 g/mol. The first-order valence-corrected chi connectivity index (χ1v) is 7.05. The van der Waals surface area contributed by atoms with Gasteiger partial charge in [-0.05, 0) is 38.8 Å². The lowest BCUT2D eigenvalue weighted by molar-refractivity contribution is 0.0694. The molecule has 0 bridgehead atoms. The van der Waals surface area contributed by atoms with E-state index < -0.39 is 0 Å². The number of aryl methyl sites for hydroxylation is 1. The SMILES string of the molecule is CCN(C(=O)c1cc(C)ccc1NN)C1CCCC1. The second-order valence-corrected chi connectivity index (χ2v) is 5.22. The minimum absolute atomic E-state index is 0.0889. The van der Waals surface area contributed by atoms with Crippen LogP contribution in [-0.2, 0) is 0 Å². The summed E-state index contributed by atoms with van der Waals surface area (Å²) in [6.07, 6.45) is 4.70. The molecule has 1 fully saturated rings. The van der Waals surface area contributed by atoms with E-state index in [1.807, 2.05) is 36.9 Å². The highest BCUT2D eigenvalue weighted by molar-refractivity contribution is 6.00. The van der Waals surface area contributed by atoms with Gasteiger partial charge >= 0.3 is 0 Å². The van der Waals surface area contributed by atoms with E-state index in [4.69, 9.17) is 5.84 Å². The van der Waals surface area contributed by atoms with E-state index in [9.17, 15) is 4.79 Å². The predicted octanol–water partition coefficient (Wildman–Crippen LogP) is 2.69. The molecule has 0 aliphatic heterocycles. The molecule has 104 valence electrons. The zero-order valence-electron chi connectivity index (χ0n) is 11.8. The molecule has 0 aromatic heterocycles. The topological polar surface area (TPSA) is 58.4 Å². The summed E-state index contributed by atoms with van der Waals surface area (Å²) >= 11 is 0. The summed E-state index contributed by atoms with van der Waals surface area (Å²) < 4.78 is 0. The average Bonchev–Trinajstić information content (AvgIpc) is 2.93. The third-order valence-electron chi connectivity index (χ3n) is 3.93. The quantitative estimate of drug-likeness (QED) is 0.647. The van der Waals surface area contributed by atoms with Crippen molar-refractivity contribution in [1.82, 2.24) is 4.90 Å². The number of amides is 1. The molecular weight excluding hydrogens is 238 g/mol. The number of benzene rings is 1. The molecule has 1 aromatic rings. The number of carbonyl (C=O) groups excluding carboxylic acids is 1. The van der Waals surface area contributed by atoms with Gasteiger partial charge in [-0.15, -0.1) is 0 Å². The fourth-order valence-electron chi connectivity index (χ4n) is 2.90. The lowest BCUT2D eigenvalue weighted by Crippen LogP contribution is -2.39. The summed E-state index contributed by atoms with van der Waals surface area (Å²) in [5.74, 6) is 5.60. The van der Waals surface area contributed by atoms with E-state index in [0.29, 0.717) is 17.3 Å². The van der Waals surface area contributed by atoms with Crippen molar-refractivity contribution >= 4 is 11.6 Å². The number of nitrogens with one attached hydrogen (secondary N) is 1. The highest BCUT2D eigenvalue weighted by Gasteiger charge is 2.27. The molecule has 1 amide bonds. The standard InChI is InChI=1S/C15H23N3O/c1-3-18(12-6-4-5-7-12)15(19)13-10-11(2)8-9-14(13)17-16/h8-10,12,17H,3-7,16H2,1-2H3. The summed E-state index contributed by atoms with van der Waals surface area (Å²) in [4.78, 5) is 14.7. The fraction of sp³-hybridized carbons (Fsp3) is 0.533. The molecule has 3 N–H and O–H groups in total. The Labute approximate surface area is 114 Å². The zero-order chi connectivity index (χ0) is 13.8. The van der Waals surface area contributed by atoms with Crippen LogP contribution >= 0.6 is 0 Å². The molecule has 0 unspecified atom stereocenters.